The number of anilines is 1. The lowest BCUT2D eigenvalue weighted by molar-refractivity contribution is -0.142. The molecule has 1 aliphatic carbocycles. The minimum atomic E-state index is -4.61. The van der Waals surface area contributed by atoms with Crippen molar-refractivity contribution in [1.82, 2.24) is 24.7 Å². The lowest BCUT2D eigenvalue weighted by Crippen LogP contribution is -2.39. The number of nitrogens with zero attached hydrogens (tertiary/aromatic N) is 5. The summed E-state index contributed by atoms with van der Waals surface area (Å²) in [5.74, 6) is -0.415. The summed E-state index contributed by atoms with van der Waals surface area (Å²) in [5.41, 5.74) is -1.01. The number of ether oxygens (including phenoxy) is 2. The van der Waals surface area contributed by atoms with Crippen LogP contribution >= 0.6 is 0 Å². The van der Waals surface area contributed by atoms with Crippen LogP contribution in [0.4, 0.5) is 19.1 Å². The molecule has 1 aliphatic heterocycles. The highest BCUT2D eigenvalue weighted by Crippen LogP contribution is 2.36. The standard InChI is InChI=1S/C16H19F3N6O3/c17-16(18,19)12-5-20-14(23-13(12)28-11-6-27-7-11)22-9-2-1-3-10(4-9)25-8-21-15(26)24-25/h5,8-11H,1-4,6-7H2,(H,24,26)(H,20,22,23)/t9-,10-/m0/s1. The van der Waals surface area contributed by atoms with Crippen LogP contribution in [0.2, 0.25) is 0 Å². The third kappa shape index (κ3) is 4.11. The summed E-state index contributed by atoms with van der Waals surface area (Å²) in [6, 6.07) is -0.318. The molecule has 28 heavy (non-hydrogen) atoms. The highest BCUT2D eigenvalue weighted by molar-refractivity contribution is 5.36. The van der Waals surface area contributed by atoms with E-state index in [0.717, 1.165) is 25.5 Å². The van der Waals surface area contributed by atoms with Gasteiger partial charge in [-0.05, 0) is 25.7 Å². The van der Waals surface area contributed by atoms with E-state index in [1.807, 2.05) is 0 Å². The van der Waals surface area contributed by atoms with E-state index >= 15 is 0 Å². The van der Waals surface area contributed by atoms with Gasteiger partial charge in [0, 0.05) is 12.2 Å². The molecular formula is C16H19F3N6O3. The number of aromatic nitrogens is 5. The maximum Gasteiger partial charge on any atom is 0.423 e. The maximum absolute atomic E-state index is 13.2. The van der Waals surface area contributed by atoms with E-state index in [0.29, 0.717) is 6.42 Å². The molecular weight excluding hydrogens is 381 g/mol. The van der Waals surface area contributed by atoms with Crippen molar-refractivity contribution in [2.45, 2.75) is 50.0 Å². The number of rotatable bonds is 5. The number of halogens is 3. The van der Waals surface area contributed by atoms with Crippen LogP contribution in [0.5, 0.6) is 11.9 Å². The molecule has 0 bridgehead atoms. The Bertz CT molecular complexity index is 826. The lowest BCUT2D eigenvalue weighted by Gasteiger charge is -2.30. The second-order valence-electron chi connectivity index (χ2n) is 6.87. The Hall–Kier alpha value is -2.63. The van der Waals surface area contributed by atoms with Crippen molar-refractivity contribution in [2.24, 2.45) is 0 Å². The number of hydrogen-bond acceptors (Lipinski definition) is 8. The van der Waals surface area contributed by atoms with E-state index in [9.17, 15) is 18.3 Å². The van der Waals surface area contributed by atoms with Crippen LogP contribution in [0.15, 0.2) is 12.5 Å². The number of alkyl halides is 3. The second-order valence-corrected chi connectivity index (χ2v) is 6.87. The van der Waals surface area contributed by atoms with E-state index in [-0.39, 0.29) is 37.3 Å². The van der Waals surface area contributed by atoms with Crippen LogP contribution in [-0.4, -0.2) is 55.2 Å². The van der Waals surface area contributed by atoms with Crippen molar-refractivity contribution in [2.75, 3.05) is 18.5 Å². The van der Waals surface area contributed by atoms with E-state index in [1.54, 1.807) is 4.68 Å². The molecule has 3 heterocycles. The normalized spacial score (nSPS) is 23.2. The fraction of sp³-hybridized carbons (Fsp3) is 0.625. The van der Waals surface area contributed by atoms with Crippen LogP contribution in [0.25, 0.3) is 0 Å². The van der Waals surface area contributed by atoms with Gasteiger partial charge in [-0.3, -0.25) is 0 Å². The van der Waals surface area contributed by atoms with Gasteiger partial charge in [-0.2, -0.15) is 23.1 Å². The zero-order valence-corrected chi connectivity index (χ0v) is 14.8. The first-order chi connectivity index (χ1) is 13.4. The van der Waals surface area contributed by atoms with Crippen LogP contribution < -0.4 is 10.1 Å². The zero-order valence-electron chi connectivity index (χ0n) is 14.8. The predicted octanol–water partition coefficient (Wildman–Crippen LogP) is 2.17. The molecule has 0 spiro atoms. The first-order valence-electron chi connectivity index (χ1n) is 8.94. The molecule has 1 saturated heterocycles. The fourth-order valence-corrected chi connectivity index (χ4v) is 3.32. The fourth-order valence-electron chi connectivity index (χ4n) is 3.32. The molecule has 0 amide bonds. The molecule has 0 aromatic carbocycles. The summed E-state index contributed by atoms with van der Waals surface area (Å²) in [6.45, 7) is 0.470. The van der Waals surface area contributed by atoms with Crippen molar-refractivity contribution >= 4 is 5.95 Å². The Morgan fingerprint density at radius 2 is 2.07 bits per heavy atom. The third-order valence-electron chi connectivity index (χ3n) is 4.80. The second kappa shape index (κ2) is 7.41. The summed E-state index contributed by atoms with van der Waals surface area (Å²) in [6.07, 6.45) is 0.362. The minimum absolute atomic E-state index is 0.0249. The molecule has 2 aliphatic rings. The van der Waals surface area contributed by atoms with Crippen molar-refractivity contribution in [3.8, 4) is 11.9 Å². The van der Waals surface area contributed by atoms with E-state index in [2.05, 4.69) is 25.4 Å². The highest BCUT2D eigenvalue weighted by Gasteiger charge is 2.38. The zero-order chi connectivity index (χ0) is 19.7. The van der Waals surface area contributed by atoms with Gasteiger partial charge in [0.2, 0.25) is 11.8 Å². The number of nitrogens with one attached hydrogen (secondary N) is 1. The summed E-state index contributed by atoms with van der Waals surface area (Å²) < 4.78 is 51.5. The van der Waals surface area contributed by atoms with Crippen LogP contribution in [0.1, 0.15) is 37.3 Å². The molecule has 4 rings (SSSR count). The molecule has 2 aromatic heterocycles. The minimum Gasteiger partial charge on any atom is -0.478 e. The van der Waals surface area contributed by atoms with Gasteiger partial charge < -0.3 is 19.9 Å². The lowest BCUT2D eigenvalue weighted by atomic mass is 9.91. The Kier molecular flexibility index (Phi) is 4.96. The topological polar surface area (TPSA) is 107 Å². The molecule has 0 radical (unpaired) electrons. The summed E-state index contributed by atoms with van der Waals surface area (Å²) in [5, 5.41) is 16.3. The molecule has 152 valence electrons. The van der Waals surface area contributed by atoms with E-state index in [1.165, 1.54) is 6.33 Å². The number of aromatic hydroxyl groups is 1. The Labute approximate surface area is 157 Å². The highest BCUT2D eigenvalue weighted by atomic mass is 19.4. The summed E-state index contributed by atoms with van der Waals surface area (Å²) >= 11 is 0. The molecule has 12 heteroatoms. The maximum atomic E-state index is 13.2. The van der Waals surface area contributed by atoms with Gasteiger partial charge in [-0.15, -0.1) is 5.10 Å². The van der Waals surface area contributed by atoms with E-state index in [4.69, 9.17) is 9.47 Å². The Balaban J connectivity index is 1.48. The van der Waals surface area contributed by atoms with Crippen molar-refractivity contribution in [1.29, 1.82) is 0 Å². The monoisotopic (exact) mass is 400 g/mol. The van der Waals surface area contributed by atoms with E-state index < -0.39 is 23.7 Å². The first-order valence-corrected chi connectivity index (χ1v) is 8.94. The van der Waals surface area contributed by atoms with Gasteiger partial charge in [0.15, 0.2) is 0 Å². The first kappa shape index (κ1) is 18.7. The van der Waals surface area contributed by atoms with Crippen LogP contribution in [0, 0.1) is 0 Å². The van der Waals surface area contributed by atoms with Gasteiger partial charge >= 0.3 is 12.2 Å². The average Bonchev–Trinajstić information content (AvgIpc) is 3.04. The SMILES string of the molecule is Oc1ncn([C@H]2CCC[C@H](Nc3ncc(C(F)(F)F)c(OC4COC4)n3)C2)n1. The van der Waals surface area contributed by atoms with Crippen molar-refractivity contribution in [3.63, 3.8) is 0 Å². The van der Waals surface area contributed by atoms with Crippen molar-refractivity contribution < 1.29 is 27.8 Å². The smallest absolute Gasteiger partial charge is 0.423 e. The van der Waals surface area contributed by atoms with Gasteiger partial charge in [-0.1, -0.05) is 0 Å². The average molecular weight is 400 g/mol. The van der Waals surface area contributed by atoms with Crippen LogP contribution in [-0.2, 0) is 10.9 Å². The Morgan fingerprint density at radius 1 is 1.25 bits per heavy atom. The van der Waals surface area contributed by atoms with Gasteiger partial charge in [0.05, 0.1) is 19.3 Å². The Morgan fingerprint density at radius 3 is 2.71 bits per heavy atom. The quantitative estimate of drug-likeness (QED) is 0.786. The van der Waals surface area contributed by atoms with Crippen LogP contribution in [0.3, 0.4) is 0 Å². The molecule has 1 saturated carbocycles. The molecule has 2 N–H and O–H groups in total. The van der Waals surface area contributed by atoms with Gasteiger partial charge in [-0.25, -0.2) is 9.67 Å². The third-order valence-corrected chi connectivity index (χ3v) is 4.80. The molecule has 0 unspecified atom stereocenters. The molecule has 2 atom stereocenters. The molecule has 2 fully saturated rings. The molecule has 2 aromatic rings. The number of hydrogen-bond donors (Lipinski definition) is 2. The van der Waals surface area contributed by atoms with Gasteiger partial charge in [0.25, 0.3) is 0 Å². The molecule has 9 nitrogen and oxygen atoms in total. The van der Waals surface area contributed by atoms with Gasteiger partial charge in [0.1, 0.15) is 18.0 Å². The predicted molar refractivity (Wildman–Crippen MR) is 88.9 cm³/mol. The van der Waals surface area contributed by atoms with Crippen molar-refractivity contribution in [3.05, 3.63) is 18.1 Å². The summed E-state index contributed by atoms with van der Waals surface area (Å²) in [4.78, 5) is 11.5. The summed E-state index contributed by atoms with van der Waals surface area (Å²) in [7, 11) is 0. The largest absolute Gasteiger partial charge is 0.478 e.